The first-order valence-electron chi connectivity index (χ1n) is 13.0. The van der Waals surface area contributed by atoms with E-state index in [2.05, 4.69) is 41.6 Å². The van der Waals surface area contributed by atoms with E-state index in [1.165, 1.54) is 0 Å². The van der Waals surface area contributed by atoms with Crippen LogP contribution in [0.3, 0.4) is 0 Å². The normalized spacial score (nSPS) is 12.9. The Labute approximate surface area is 228 Å². The number of hydrogen-bond donors (Lipinski definition) is 2. The smallest absolute Gasteiger partial charge is 0.257 e. The van der Waals surface area contributed by atoms with Crippen molar-refractivity contribution in [3.8, 4) is 28.0 Å². The summed E-state index contributed by atoms with van der Waals surface area (Å²) in [5.41, 5.74) is 8.89. The summed E-state index contributed by atoms with van der Waals surface area (Å²) in [6, 6.07) is 17.5. The highest BCUT2D eigenvalue weighted by Gasteiger charge is 2.26. The van der Waals surface area contributed by atoms with Gasteiger partial charge in [-0.25, -0.2) is 9.37 Å². The van der Waals surface area contributed by atoms with E-state index >= 15 is 4.39 Å². The van der Waals surface area contributed by atoms with Crippen molar-refractivity contribution in [1.29, 1.82) is 0 Å². The molecule has 1 aliphatic rings. The maximum atomic E-state index is 15.1. The fraction of sp³-hybridized carbons (Fsp3) is 0.250. The van der Waals surface area contributed by atoms with E-state index in [9.17, 15) is 4.79 Å². The number of rotatable bonds is 7. The van der Waals surface area contributed by atoms with Crippen LogP contribution >= 0.6 is 0 Å². The van der Waals surface area contributed by atoms with Crippen LogP contribution in [0.2, 0.25) is 0 Å². The van der Waals surface area contributed by atoms with Gasteiger partial charge in [-0.15, -0.1) is 0 Å². The zero-order valence-corrected chi connectivity index (χ0v) is 23.0. The maximum absolute atomic E-state index is 15.1. The van der Waals surface area contributed by atoms with E-state index < -0.39 is 0 Å². The number of anilines is 2. The van der Waals surface area contributed by atoms with E-state index in [0.29, 0.717) is 35.8 Å². The molecule has 0 spiro atoms. The number of halogens is 1. The minimum atomic E-state index is -0.301. The lowest BCUT2D eigenvalue weighted by atomic mass is 9.90. The summed E-state index contributed by atoms with van der Waals surface area (Å²) in [5, 5.41) is 6.44. The Balaban J connectivity index is 1.55. The molecule has 39 heavy (non-hydrogen) atoms. The predicted molar refractivity (Wildman–Crippen MR) is 154 cm³/mol. The lowest BCUT2D eigenvalue weighted by molar-refractivity contribution is 0.0781. The number of hydrogen-bond acceptors (Lipinski definition) is 5. The highest BCUT2D eigenvalue weighted by atomic mass is 19.1. The number of aromatic nitrogens is 1. The zero-order valence-electron chi connectivity index (χ0n) is 23.0. The van der Waals surface area contributed by atoms with E-state index in [-0.39, 0.29) is 11.7 Å². The molecule has 0 radical (unpaired) electrons. The number of likely N-dealkylation sites (N-methyl/N-ethyl adjacent to an activating group) is 1. The van der Waals surface area contributed by atoms with Crippen LogP contribution in [0, 0.1) is 19.7 Å². The number of amides is 1. The molecule has 2 heterocycles. The first kappa shape index (κ1) is 26.4. The Morgan fingerprint density at radius 2 is 1.74 bits per heavy atom. The predicted octanol–water partition coefficient (Wildman–Crippen LogP) is 6.27. The minimum Gasteiger partial charge on any atom is -0.496 e. The van der Waals surface area contributed by atoms with E-state index in [0.717, 1.165) is 51.1 Å². The minimum absolute atomic E-state index is 0.0207. The number of fused-ring (bicyclic) bond motifs is 1. The molecule has 1 amide bonds. The summed E-state index contributed by atoms with van der Waals surface area (Å²) in [5.74, 6) is 0.766. The molecule has 1 aromatic heterocycles. The molecule has 7 heteroatoms. The molecule has 0 fully saturated rings. The lowest BCUT2D eigenvalue weighted by Crippen LogP contribution is -2.34. The van der Waals surface area contributed by atoms with Gasteiger partial charge in [-0.2, -0.15) is 0 Å². The molecule has 0 aliphatic carbocycles. The fourth-order valence-corrected chi connectivity index (χ4v) is 5.35. The Bertz CT molecular complexity index is 1570. The molecular weight excluding hydrogens is 491 g/mol. The zero-order chi connectivity index (χ0) is 27.7. The van der Waals surface area contributed by atoms with Crippen molar-refractivity contribution in [2.45, 2.75) is 26.8 Å². The second kappa shape index (κ2) is 10.9. The molecular formula is C32H33FN4O2. The molecule has 0 saturated heterocycles. The molecule has 2 N–H and O–H groups in total. The molecule has 200 valence electrons. The van der Waals surface area contributed by atoms with Crippen LogP contribution in [0.25, 0.3) is 22.3 Å². The van der Waals surface area contributed by atoms with Crippen molar-refractivity contribution in [3.63, 3.8) is 0 Å². The maximum Gasteiger partial charge on any atom is 0.257 e. The first-order valence-corrected chi connectivity index (χ1v) is 13.0. The van der Waals surface area contributed by atoms with Gasteiger partial charge in [0.05, 0.1) is 12.7 Å². The number of carbonyl (C=O) groups is 1. The second-order valence-corrected chi connectivity index (χ2v) is 9.92. The van der Waals surface area contributed by atoms with Gasteiger partial charge in [0.15, 0.2) is 0 Å². The van der Waals surface area contributed by atoms with Crippen LogP contribution in [-0.2, 0) is 13.0 Å². The van der Waals surface area contributed by atoms with Gasteiger partial charge >= 0.3 is 0 Å². The summed E-state index contributed by atoms with van der Waals surface area (Å²) in [6.45, 7) is 5.20. The van der Waals surface area contributed by atoms with Crippen molar-refractivity contribution in [2.24, 2.45) is 0 Å². The lowest BCUT2D eigenvalue weighted by Gasteiger charge is -2.26. The Hall–Kier alpha value is -4.23. The van der Waals surface area contributed by atoms with Gasteiger partial charge < -0.3 is 20.3 Å². The number of carbonyl (C=O) groups excluding carboxylic acids is 1. The van der Waals surface area contributed by atoms with Crippen molar-refractivity contribution >= 4 is 17.4 Å². The SMILES string of the molecule is CNCc1c(F)cc(-c2cccc(-c3cccc(Nc4nccc5c4C(=O)N(C)CC5)c3C)c2C)cc1OC. The number of nitrogens with zero attached hydrogens (tertiary/aromatic N) is 2. The summed E-state index contributed by atoms with van der Waals surface area (Å²) < 4.78 is 20.6. The van der Waals surface area contributed by atoms with Crippen molar-refractivity contribution in [2.75, 3.05) is 33.1 Å². The standard InChI is InChI=1S/C32H33FN4O2/c1-19-23(22-16-27(33)26(18-34-3)29(17-22)39-5)8-6-9-24(19)25-10-7-11-28(20(25)2)36-31-30-21(12-14-35-31)13-15-37(4)32(30)38/h6-12,14,16-17,34H,13,15,18H2,1-5H3,(H,35,36). The monoisotopic (exact) mass is 524 g/mol. The summed E-state index contributed by atoms with van der Waals surface area (Å²) >= 11 is 0. The third-order valence-corrected chi connectivity index (χ3v) is 7.56. The fourth-order valence-electron chi connectivity index (χ4n) is 5.35. The third kappa shape index (κ3) is 4.86. The highest BCUT2D eigenvalue weighted by molar-refractivity contribution is 6.01. The molecule has 0 atom stereocenters. The average molecular weight is 525 g/mol. The molecule has 1 aliphatic heterocycles. The van der Waals surface area contributed by atoms with E-state index in [1.54, 1.807) is 31.3 Å². The van der Waals surface area contributed by atoms with Crippen LogP contribution in [-0.4, -0.2) is 43.5 Å². The summed E-state index contributed by atoms with van der Waals surface area (Å²) in [6.07, 6.45) is 2.56. The Kier molecular flexibility index (Phi) is 7.35. The van der Waals surface area contributed by atoms with Gasteiger partial charge in [0.2, 0.25) is 0 Å². The molecule has 6 nitrogen and oxygen atoms in total. The van der Waals surface area contributed by atoms with Gasteiger partial charge in [-0.05, 0) is 90.5 Å². The molecule has 0 bridgehead atoms. The van der Waals surface area contributed by atoms with Crippen LogP contribution in [0.4, 0.5) is 15.9 Å². The number of methoxy groups -OCH3 is 1. The largest absolute Gasteiger partial charge is 0.496 e. The number of nitrogens with one attached hydrogen (secondary N) is 2. The Morgan fingerprint density at radius 1 is 1.03 bits per heavy atom. The van der Waals surface area contributed by atoms with E-state index in [4.69, 9.17) is 4.74 Å². The van der Waals surface area contributed by atoms with Gasteiger partial charge in [0, 0.05) is 37.6 Å². The number of pyridine rings is 1. The van der Waals surface area contributed by atoms with Crippen molar-refractivity contribution < 1.29 is 13.9 Å². The first-order chi connectivity index (χ1) is 18.8. The third-order valence-electron chi connectivity index (χ3n) is 7.56. The highest BCUT2D eigenvalue weighted by Crippen LogP contribution is 2.38. The van der Waals surface area contributed by atoms with Gasteiger partial charge in [0.25, 0.3) is 5.91 Å². The van der Waals surface area contributed by atoms with E-state index in [1.807, 2.05) is 43.4 Å². The van der Waals surface area contributed by atoms with Crippen molar-refractivity contribution in [1.82, 2.24) is 15.2 Å². The topological polar surface area (TPSA) is 66.5 Å². The number of ether oxygens (including phenoxy) is 1. The summed E-state index contributed by atoms with van der Waals surface area (Å²) in [4.78, 5) is 19.2. The molecule has 0 unspecified atom stereocenters. The van der Waals surface area contributed by atoms with Gasteiger partial charge in [0.1, 0.15) is 17.4 Å². The van der Waals surface area contributed by atoms with Crippen LogP contribution < -0.4 is 15.4 Å². The summed E-state index contributed by atoms with van der Waals surface area (Å²) in [7, 11) is 5.16. The molecule has 4 aromatic rings. The average Bonchev–Trinajstić information content (AvgIpc) is 2.93. The number of benzene rings is 3. The van der Waals surface area contributed by atoms with Crippen LogP contribution in [0.15, 0.2) is 60.8 Å². The quantitative estimate of drug-likeness (QED) is 0.298. The van der Waals surface area contributed by atoms with Crippen LogP contribution in [0.1, 0.15) is 32.6 Å². The molecule has 5 rings (SSSR count). The van der Waals surface area contributed by atoms with Crippen LogP contribution in [0.5, 0.6) is 5.75 Å². The van der Waals surface area contributed by atoms with Gasteiger partial charge in [-0.1, -0.05) is 30.3 Å². The van der Waals surface area contributed by atoms with Crippen molar-refractivity contribution in [3.05, 3.63) is 94.4 Å². The Morgan fingerprint density at radius 3 is 2.49 bits per heavy atom. The second-order valence-electron chi connectivity index (χ2n) is 9.92. The molecule has 0 saturated carbocycles. The van der Waals surface area contributed by atoms with Gasteiger partial charge in [-0.3, -0.25) is 4.79 Å². The molecule has 3 aromatic carbocycles.